The Labute approximate surface area is 228 Å². The molecule has 2 atom stereocenters. The van der Waals surface area contributed by atoms with Gasteiger partial charge in [-0.25, -0.2) is 0 Å². The molecule has 1 amide bonds. The van der Waals surface area contributed by atoms with Gasteiger partial charge in [-0.1, -0.05) is 54.6 Å². The van der Waals surface area contributed by atoms with Crippen molar-refractivity contribution in [3.63, 3.8) is 0 Å². The largest absolute Gasteiger partial charge is 0.490 e. The van der Waals surface area contributed by atoms with E-state index in [1.165, 1.54) is 10.9 Å². The van der Waals surface area contributed by atoms with Crippen LogP contribution in [-0.2, 0) is 17.6 Å². The summed E-state index contributed by atoms with van der Waals surface area (Å²) >= 11 is 6.01. The van der Waals surface area contributed by atoms with Gasteiger partial charge in [-0.3, -0.25) is 9.69 Å². The average Bonchev–Trinajstić information content (AvgIpc) is 3.42. The molecule has 0 radical (unpaired) electrons. The van der Waals surface area contributed by atoms with Crippen molar-refractivity contribution >= 4 is 34.1 Å². The molecule has 38 heavy (non-hydrogen) atoms. The average molecular weight is 526 g/mol. The standard InChI is InChI=1S/C31H31N3O3S/c1-3-36-26-15-14-20(18-27(26)37-4-2)16-17-33-30(35)25-19-23-22-12-8-9-13-24(22)32-28(23)29(34(25)31(33)38)21-10-6-5-7-11-21/h5-15,18,25,29,32H,3-4,16-17,19H2,1-2H3. The second-order valence-corrected chi connectivity index (χ2v) is 10.0. The van der Waals surface area contributed by atoms with E-state index in [1.807, 2.05) is 56.3 Å². The summed E-state index contributed by atoms with van der Waals surface area (Å²) in [7, 11) is 0. The number of hydrogen-bond acceptors (Lipinski definition) is 4. The van der Waals surface area contributed by atoms with E-state index in [0.29, 0.717) is 37.7 Å². The fraction of sp³-hybridized carbons (Fsp3) is 0.290. The van der Waals surface area contributed by atoms with Crippen LogP contribution in [0.1, 0.15) is 42.3 Å². The maximum absolute atomic E-state index is 13.9. The van der Waals surface area contributed by atoms with Crippen molar-refractivity contribution in [1.29, 1.82) is 0 Å². The number of nitrogens with one attached hydrogen (secondary N) is 1. The highest BCUT2D eigenvalue weighted by Gasteiger charge is 2.50. The molecule has 0 aliphatic carbocycles. The molecule has 1 N–H and O–H groups in total. The summed E-state index contributed by atoms with van der Waals surface area (Å²) in [5.74, 6) is 1.54. The highest BCUT2D eigenvalue weighted by molar-refractivity contribution is 7.80. The van der Waals surface area contributed by atoms with E-state index < -0.39 is 0 Å². The number of nitrogens with zero attached hydrogens (tertiary/aromatic N) is 2. The van der Waals surface area contributed by atoms with Gasteiger partial charge >= 0.3 is 0 Å². The number of benzene rings is 3. The summed E-state index contributed by atoms with van der Waals surface area (Å²) in [6.45, 7) is 5.57. The topological polar surface area (TPSA) is 57.8 Å². The van der Waals surface area contributed by atoms with Crippen LogP contribution >= 0.6 is 12.2 Å². The molecular formula is C31H31N3O3S. The predicted molar refractivity (Wildman–Crippen MR) is 153 cm³/mol. The number of amides is 1. The maximum atomic E-state index is 13.9. The van der Waals surface area contributed by atoms with Gasteiger partial charge in [0.15, 0.2) is 16.6 Å². The van der Waals surface area contributed by atoms with Crippen LogP contribution in [0.2, 0.25) is 0 Å². The third kappa shape index (κ3) is 4.11. The highest BCUT2D eigenvalue weighted by Crippen LogP contribution is 2.44. The molecule has 194 valence electrons. The Kier molecular flexibility index (Phi) is 6.54. The van der Waals surface area contributed by atoms with E-state index >= 15 is 0 Å². The minimum Gasteiger partial charge on any atom is -0.490 e. The molecule has 0 spiro atoms. The van der Waals surface area contributed by atoms with Crippen molar-refractivity contribution in [2.45, 2.75) is 38.8 Å². The minimum atomic E-state index is -0.321. The lowest BCUT2D eigenvalue weighted by atomic mass is 9.89. The highest BCUT2D eigenvalue weighted by atomic mass is 32.1. The molecule has 6 nitrogen and oxygen atoms in total. The second kappa shape index (κ2) is 10.1. The normalized spacial score (nSPS) is 18.6. The van der Waals surface area contributed by atoms with Gasteiger partial charge in [-0.2, -0.15) is 0 Å². The van der Waals surface area contributed by atoms with Crippen molar-refractivity contribution in [3.05, 3.63) is 95.2 Å². The molecule has 7 heteroatoms. The SMILES string of the molecule is CCOc1ccc(CCN2C(=O)C3Cc4c([nH]c5ccccc45)C(c4ccccc4)N3C2=S)cc1OCC. The molecule has 1 fully saturated rings. The van der Waals surface area contributed by atoms with Gasteiger partial charge in [0, 0.05) is 29.6 Å². The Morgan fingerprint density at radius 3 is 2.47 bits per heavy atom. The molecule has 0 bridgehead atoms. The zero-order valence-electron chi connectivity index (χ0n) is 21.6. The summed E-state index contributed by atoms with van der Waals surface area (Å²) in [5.41, 5.74) is 5.62. The van der Waals surface area contributed by atoms with E-state index in [-0.39, 0.29) is 18.0 Å². The van der Waals surface area contributed by atoms with Crippen LogP contribution < -0.4 is 9.47 Å². The molecule has 4 aromatic rings. The summed E-state index contributed by atoms with van der Waals surface area (Å²) in [4.78, 5) is 21.5. The number of H-pyrrole nitrogens is 1. The van der Waals surface area contributed by atoms with Crippen molar-refractivity contribution in [2.75, 3.05) is 19.8 Å². The Bertz CT molecular complexity index is 1500. The first kappa shape index (κ1) is 24.5. The van der Waals surface area contributed by atoms with E-state index in [2.05, 4.69) is 40.2 Å². The van der Waals surface area contributed by atoms with Crippen LogP contribution in [0.5, 0.6) is 11.5 Å². The lowest BCUT2D eigenvalue weighted by molar-refractivity contribution is -0.128. The van der Waals surface area contributed by atoms with Gasteiger partial charge in [0.25, 0.3) is 5.91 Å². The summed E-state index contributed by atoms with van der Waals surface area (Å²) in [6.07, 6.45) is 1.30. The minimum absolute atomic E-state index is 0.0721. The number of carbonyl (C=O) groups excluding carboxylic acids is 1. The zero-order chi connectivity index (χ0) is 26.2. The number of thiocarbonyl (C=S) groups is 1. The monoisotopic (exact) mass is 525 g/mol. The van der Waals surface area contributed by atoms with Crippen LogP contribution in [0.3, 0.4) is 0 Å². The quantitative estimate of drug-likeness (QED) is 0.301. The smallest absolute Gasteiger partial charge is 0.251 e. The van der Waals surface area contributed by atoms with Crippen LogP contribution in [0.15, 0.2) is 72.8 Å². The van der Waals surface area contributed by atoms with Crippen LogP contribution in [-0.4, -0.2) is 51.6 Å². The number of para-hydroxylation sites is 1. The Morgan fingerprint density at radius 1 is 0.947 bits per heavy atom. The lowest BCUT2D eigenvalue weighted by Crippen LogP contribution is -2.44. The van der Waals surface area contributed by atoms with E-state index in [4.69, 9.17) is 21.7 Å². The van der Waals surface area contributed by atoms with Gasteiger partial charge in [0.1, 0.15) is 6.04 Å². The van der Waals surface area contributed by atoms with Crippen LogP contribution in [0.25, 0.3) is 10.9 Å². The molecule has 2 unspecified atom stereocenters. The summed E-state index contributed by atoms with van der Waals surface area (Å²) < 4.78 is 11.5. The van der Waals surface area contributed by atoms with E-state index in [9.17, 15) is 4.79 Å². The number of carbonyl (C=O) groups is 1. The zero-order valence-corrected chi connectivity index (χ0v) is 22.5. The number of fused-ring (bicyclic) bond motifs is 4. The number of ether oxygens (including phenoxy) is 2. The van der Waals surface area contributed by atoms with Gasteiger partial charge < -0.3 is 19.4 Å². The molecule has 0 saturated carbocycles. The number of rotatable bonds is 8. The van der Waals surface area contributed by atoms with Crippen molar-refractivity contribution in [3.8, 4) is 11.5 Å². The van der Waals surface area contributed by atoms with Crippen LogP contribution in [0, 0.1) is 0 Å². The number of aromatic nitrogens is 1. The van der Waals surface area contributed by atoms with Gasteiger partial charge in [0.05, 0.1) is 19.3 Å². The predicted octanol–water partition coefficient (Wildman–Crippen LogP) is 5.65. The molecular weight excluding hydrogens is 494 g/mol. The molecule has 1 aromatic heterocycles. The van der Waals surface area contributed by atoms with Crippen LogP contribution in [0.4, 0.5) is 0 Å². The Morgan fingerprint density at radius 2 is 1.68 bits per heavy atom. The maximum Gasteiger partial charge on any atom is 0.251 e. The van der Waals surface area contributed by atoms with E-state index in [0.717, 1.165) is 33.8 Å². The molecule has 3 aromatic carbocycles. The first-order chi connectivity index (χ1) is 18.6. The molecule has 6 rings (SSSR count). The Balaban J connectivity index is 1.31. The molecule has 3 heterocycles. The first-order valence-corrected chi connectivity index (χ1v) is 13.7. The first-order valence-electron chi connectivity index (χ1n) is 13.3. The molecule has 2 aliphatic heterocycles. The fourth-order valence-corrected chi connectivity index (χ4v) is 6.22. The number of aromatic amines is 1. The van der Waals surface area contributed by atoms with Crippen molar-refractivity contribution in [2.24, 2.45) is 0 Å². The van der Waals surface area contributed by atoms with Gasteiger partial charge in [-0.05, 0) is 67.4 Å². The fourth-order valence-electron chi connectivity index (χ4n) is 5.81. The summed E-state index contributed by atoms with van der Waals surface area (Å²) in [5, 5.41) is 1.77. The number of hydrogen-bond donors (Lipinski definition) is 1. The van der Waals surface area contributed by atoms with Gasteiger partial charge in [0.2, 0.25) is 0 Å². The third-order valence-corrected chi connectivity index (χ3v) is 7.91. The molecule has 1 saturated heterocycles. The van der Waals surface area contributed by atoms with E-state index in [1.54, 1.807) is 4.90 Å². The Hall–Kier alpha value is -3.84. The lowest BCUT2D eigenvalue weighted by Gasteiger charge is -2.37. The second-order valence-electron chi connectivity index (χ2n) is 9.67. The third-order valence-electron chi connectivity index (χ3n) is 7.48. The summed E-state index contributed by atoms with van der Waals surface area (Å²) in [6, 6.07) is 24.2. The van der Waals surface area contributed by atoms with Crippen molar-refractivity contribution < 1.29 is 14.3 Å². The van der Waals surface area contributed by atoms with Gasteiger partial charge in [-0.15, -0.1) is 0 Å². The molecule has 2 aliphatic rings. The van der Waals surface area contributed by atoms with Crippen molar-refractivity contribution in [1.82, 2.24) is 14.8 Å².